The Balaban J connectivity index is 2.20. The van der Waals surface area contributed by atoms with Gasteiger partial charge in [-0.25, -0.2) is 0 Å². The lowest BCUT2D eigenvalue weighted by atomic mass is 9.97. The van der Waals surface area contributed by atoms with E-state index in [-0.39, 0.29) is 0 Å². The highest BCUT2D eigenvalue weighted by molar-refractivity contribution is 6.14. The van der Waals surface area contributed by atoms with Gasteiger partial charge in [0.1, 0.15) is 0 Å². The third-order valence-corrected chi connectivity index (χ3v) is 2.07. The zero-order chi connectivity index (χ0) is 6.97. The van der Waals surface area contributed by atoms with Crippen molar-refractivity contribution in [2.75, 3.05) is 0 Å². The first-order chi connectivity index (χ1) is 4.88. The van der Waals surface area contributed by atoms with E-state index in [2.05, 4.69) is 24.3 Å². The fraction of sp³-hybridized carbons (Fsp3) is 0.333. The number of rotatable bonds is 1. The van der Waals surface area contributed by atoms with Crippen molar-refractivity contribution in [1.82, 2.24) is 0 Å². The van der Waals surface area contributed by atoms with Gasteiger partial charge in [-0.15, -0.1) is 0 Å². The van der Waals surface area contributed by atoms with Gasteiger partial charge >= 0.3 is 0 Å². The van der Waals surface area contributed by atoms with E-state index in [4.69, 9.17) is 7.85 Å². The molecule has 0 heterocycles. The van der Waals surface area contributed by atoms with Crippen LogP contribution >= 0.6 is 0 Å². The van der Waals surface area contributed by atoms with Crippen molar-refractivity contribution in [1.29, 1.82) is 0 Å². The molecule has 1 saturated carbocycles. The van der Waals surface area contributed by atoms with Crippen LogP contribution in [-0.4, -0.2) is 7.85 Å². The van der Waals surface area contributed by atoms with E-state index in [1.54, 1.807) is 0 Å². The zero-order valence-corrected chi connectivity index (χ0v) is 5.83. The molecule has 0 nitrogen and oxygen atoms in total. The number of benzene rings is 1. The van der Waals surface area contributed by atoms with Gasteiger partial charge in [-0.3, -0.25) is 0 Å². The maximum Gasteiger partial charge on any atom is 0.0708 e. The number of hydrogen-bond donors (Lipinski definition) is 0. The highest BCUT2D eigenvalue weighted by Crippen LogP contribution is 2.50. The van der Waals surface area contributed by atoms with E-state index in [1.807, 2.05) is 6.07 Å². The highest BCUT2D eigenvalue weighted by atomic mass is 14.3. The monoisotopic (exact) mass is 128 g/mol. The van der Waals surface area contributed by atoms with Crippen LogP contribution in [0.2, 0.25) is 5.82 Å². The van der Waals surface area contributed by atoms with Crippen LogP contribution in [0, 0.1) is 0 Å². The van der Waals surface area contributed by atoms with Crippen molar-refractivity contribution in [3.05, 3.63) is 35.9 Å². The number of hydrogen-bond acceptors (Lipinski definition) is 0. The molecule has 0 N–H and O–H groups in total. The summed E-state index contributed by atoms with van der Waals surface area (Å²) in [5.74, 6) is 1.09. The average molecular weight is 128 g/mol. The van der Waals surface area contributed by atoms with E-state index < -0.39 is 0 Å². The minimum absolute atomic E-state index is 0.433. The fourth-order valence-corrected chi connectivity index (χ4v) is 1.30. The highest BCUT2D eigenvalue weighted by Gasteiger charge is 2.32. The summed E-state index contributed by atoms with van der Waals surface area (Å²) in [5, 5.41) is 0. The summed E-state index contributed by atoms with van der Waals surface area (Å²) in [6.45, 7) is 0. The molecule has 0 unspecified atom stereocenters. The summed E-state index contributed by atoms with van der Waals surface area (Å²) in [6, 6.07) is 10.5. The van der Waals surface area contributed by atoms with Crippen molar-refractivity contribution in [3.63, 3.8) is 0 Å². The first kappa shape index (κ1) is 6.02. The van der Waals surface area contributed by atoms with Crippen molar-refractivity contribution < 1.29 is 0 Å². The second kappa shape index (κ2) is 2.15. The molecule has 2 atom stereocenters. The Kier molecular flexibility index (Phi) is 1.30. The van der Waals surface area contributed by atoms with E-state index in [0.29, 0.717) is 11.7 Å². The molecule has 0 aliphatic heterocycles. The van der Waals surface area contributed by atoms with Gasteiger partial charge in [0, 0.05) is 0 Å². The lowest BCUT2D eigenvalue weighted by molar-refractivity contribution is 1.13. The molecule has 0 spiro atoms. The van der Waals surface area contributed by atoms with Crippen molar-refractivity contribution in [3.8, 4) is 0 Å². The maximum atomic E-state index is 5.70. The fourth-order valence-electron chi connectivity index (χ4n) is 1.30. The van der Waals surface area contributed by atoms with Gasteiger partial charge in [-0.2, -0.15) is 0 Å². The summed E-state index contributed by atoms with van der Waals surface area (Å²) in [7, 11) is 5.70. The minimum Gasteiger partial charge on any atom is -0.0701 e. The predicted octanol–water partition coefficient (Wildman–Crippen LogP) is 2.13. The van der Waals surface area contributed by atoms with Gasteiger partial charge in [-0.1, -0.05) is 42.6 Å². The molecular formula is C9H9B. The summed E-state index contributed by atoms with van der Waals surface area (Å²) in [6.07, 6.45) is 1.17. The lowest BCUT2D eigenvalue weighted by Crippen LogP contribution is -1.77. The Bertz CT molecular complexity index is 217. The SMILES string of the molecule is [B][C@H]1C[C@H]1c1ccccc1. The topological polar surface area (TPSA) is 0 Å². The lowest BCUT2D eigenvalue weighted by Gasteiger charge is -1.94. The summed E-state index contributed by atoms with van der Waals surface area (Å²) < 4.78 is 0. The van der Waals surface area contributed by atoms with E-state index in [9.17, 15) is 0 Å². The third-order valence-electron chi connectivity index (χ3n) is 2.07. The van der Waals surface area contributed by atoms with Crippen LogP contribution in [-0.2, 0) is 0 Å². The Morgan fingerprint density at radius 3 is 2.30 bits per heavy atom. The van der Waals surface area contributed by atoms with Gasteiger partial charge in [0.25, 0.3) is 0 Å². The average Bonchev–Trinajstić information content (AvgIpc) is 2.69. The molecule has 2 radical (unpaired) electrons. The molecule has 0 aromatic heterocycles. The molecule has 2 rings (SSSR count). The maximum absolute atomic E-state index is 5.70. The Morgan fingerprint density at radius 1 is 1.20 bits per heavy atom. The van der Waals surface area contributed by atoms with Gasteiger partial charge in [0.05, 0.1) is 7.85 Å². The molecule has 1 aromatic rings. The molecule has 48 valence electrons. The van der Waals surface area contributed by atoms with Crippen LogP contribution in [0.5, 0.6) is 0 Å². The van der Waals surface area contributed by atoms with E-state index in [0.717, 1.165) is 0 Å². The molecule has 0 bridgehead atoms. The normalized spacial score (nSPS) is 30.0. The smallest absolute Gasteiger partial charge is 0.0701 e. The Hall–Kier alpha value is -0.715. The third kappa shape index (κ3) is 0.963. The molecule has 1 aromatic carbocycles. The van der Waals surface area contributed by atoms with Crippen LogP contribution in [0.1, 0.15) is 17.9 Å². The van der Waals surface area contributed by atoms with Crippen LogP contribution in [0.4, 0.5) is 0 Å². The molecule has 10 heavy (non-hydrogen) atoms. The van der Waals surface area contributed by atoms with Gasteiger partial charge in [-0.05, 0) is 11.5 Å². The first-order valence-electron chi connectivity index (χ1n) is 3.68. The van der Waals surface area contributed by atoms with Gasteiger partial charge in [0.15, 0.2) is 0 Å². The summed E-state index contributed by atoms with van der Waals surface area (Å²) >= 11 is 0. The molecule has 0 amide bonds. The van der Waals surface area contributed by atoms with Gasteiger partial charge in [0.2, 0.25) is 0 Å². The predicted molar refractivity (Wildman–Crippen MR) is 43.3 cm³/mol. The summed E-state index contributed by atoms with van der Waals surface area (Å²) in [4.78, 5) is 0. The quantitative estimate of drug-likeness (QED) is 0.508. The molecule has 0 saturated heterocycles. The molecule has 1 fully saturated rings. The molecule has 1 aliphatic carbocycles. The zero-order valence-electron chi connectivity index (χ0n) is 5.83. The minimum atomic E-state index is 0.433. The van der Waals surface area contributed by atoms with Crippen molar-refractivity contribution >= 4 is 7.85 Å². The standard InChI is InChI=1S/C9H9B/c10-9-6-8(9)7-4-2-1-3-5-7/h1-5,8-9H,6H2/t8-,9-/m0/s1. The second-order valence-corrected chi connectivity index (χ2v) is 2.92. The van der Waals surface area contributed by atoms with Crippen LogP contribution < -0.4 is 0 Å². The van der Waals surface area contributed by atoms with Crippen LogP contribution in [0.15, 0.2) is 30.3 Å². The van der Waals surface area contributed by atoms with Gasteiger partial charge < -0.3 is 0 Å². The Morgan fingerprint density at radius 2 is 1.80 bits per heavy atom. The molecule has 1 heteroatoms. The summed E-state index contributed by atoms with van der Waals surface area (Å²) in [5.41, 5.74) is 1.40. The van der Waals surface area contributed by atoms with Crippen molar-refractivity contribution in [2.45, 2.75) is 18.2 Å². The van der Waals surface area contributed by atoms with E-state index in [1.165, 1.54) is 12.0 Å². The van der Waals surface area contributed by atoms with E-state index >= 15 is 0 Å². The largest absolute Gasteiger partial charge is 0.0708 e. The van der Waals surface area contributed by atoms with Crippen LogP contribution in [0.25, 0.3) is 0 Å². The molecular weight excluding hydrogens is 119 g/mol. The van der Waals surface area contributed by atoms with Crippen molar-refractivity contribution in [2.24, 2.45) is 0 Å². The molecule has 1 aliphatic rings. The van der Waals surface area contributed by atoms with Crippen LogP contribution in [0.3, 0.4) is 0 Å². The second-order valence-electron chi connectivity index (χ2n) is 2.92. The Labute approximate surface area is 62.7 Å². The first-order valence-corrected chi connectivity index (χ1v) is 3.68.